The largest absolute Gasteiger partial charge is 0.394 e. The van der Waals surface area contributed by atoms with Gasteiger partial charge in [-0.1, -0.05) is 0 Å². The van der Waals surface area contributed by atoms with Crippen molar-refractivity contribution in [2.24, 2.45) is 0 Å². The molecule has 48 nitrogen and oxygen atoms in total. The summed E-state index contributed by atoms with van der Waals surface area (Å²) in [5.41, 5.74) is -22.7. The molecule has 6 aromatic heterocycles. The van der Waals surface area contributed by atoms with Crippen LogP contribution in [0.25, 0.3) is 0 Å². The van der Waals surface area contributed by atoms with E-state index in [4.69, 9.17) is 50.4 Å². The van der Waals surface area contributed by atoms with Crippen LogP contribution in [0.3, 0.4) is 0 Å². The molecule has 120 heavy (non-hydrogen) atoms. The fourth-order valence-electron chi connectivity index (χ4n) is 12.8. The van der Waals surface area contributed by atoms with E-state index in [1.165, 1.54) is 83.1 Å². The molecule has 6 fully saturated rings. The molecule has 0 saturated carbocycles. The Morgan fingerprint density at radius 3 is 0.633 bits per heavy atom. The average Bonchev–Trinajstić information content (AvgIpc) is 1.52. The third-order valence-electron chi connectivity index (χ3n) is 21.1. The first-order valence-corrected chi connectivity index (χ1v) is 35.4. The molecule has 6 aromatic rings. The minimum atomic E-state index is -3.54. The lowest BCUT2D eigenvalue weighted by Crippen LogP contribution is -2.47. The van der Waals surface area contributed by atoms with Crippen molar-refractivity contribution in [1.82, 2.24) is 57.3 Å². The number of H-pyrrole nitrogens is 6. The number of aliphatic hydroxyl groups is 18. The van der Waals surface area contributed by atoms with Gasteiger partial charge in [-0.25, -0.2) is 28.8 Å². The highest BCUT2D eigenvalue weighted by molar-refractivity contribution is 5.22. The molecule has 2 unspecified atom stereocenters. The third kappa shape index (κ3) is 17.9. The fourth-order valence-corrected chi connectivity index (χ4v) is 12.8. The van der Waals surface area contributed by atoms with Gasteiger partial charge in [0.1, 0.15) is 107 Å². The molecule has 0 bridgehead atoms. The Morgan fingerprint density at radius 1 is 0.283 bits per heavy atom. The van der Waals surface area contributed by atoms with Crippen LogP contribution in [0, 0.1) is 83.1 Å². The zero-order valence-corrected chi connectivity index (χ0v) is 67.3. The van der Waals surface area contributed by atoms with E-state index in [9.17, 15) is 149 Å². The van der Waals surface area contributed by atoms with Crippen LogP contribution >= 0.6 is 0 Å². The first-order valence-electron chi connectivity index (χ1n) is 43.5. The predicted molar refractivity (Wildman–Crippen MR) is 411 cm³/mol. The second kappa shape index (κ2) is 36.7. The van der Waals surface area contributed by atoms with E-state index in [1.807, 2.05) is 24.9 Å². The van der Waals surface area contributed by atoms with Gasteiger partial charge in [-0.05, 0) is 125 Å². The molecule has 6 aliphatic heterocycles. The molecule has 0 radical (unpaired) electrons. The third-order valence-corrected chi connectivity index (χ3v) is 21.1. The Labute approximate surface area is 699 Å². The van der Waals surface area contributed by atoms with Crippen LogP contribution in [0.2, 0.25) is 0 Å². The van der Waals surface area contributed by atoms with Gasteiger partial charge >= 0.3 is 34.1 Å². The molecule has 0 amide bonds. The minimum absolute atomic E-state index is 0.0209. The summed E-state index contributed by atoms with van der Waals surface area (Å²) >= 11 is 0. The standard InChI is InChI=1S/6C12H18N2O6/c6*1-5-6(2)14(11(18)13-9(5)17)10-12(3,19)8(16)7(4-15)20-10/h6*7-8,10,15-16,19H,4H2,1-3H3,(H,13,17,18)/t6*7-,8-,10-,12-/m111111/s1/i2*4D2,7D,8D;4D,7D,8D;7D,8D;4D,8D;8D/t2m;4?,7-,8-,10-,12-;m;4?,7-,8-,10-,12-;m. The van der Waals surface area contributed by atoms with Gasteiger partial charge in [0.05, 0.1) is 61.4 Å². The highest BCUT2D eigenvalue weighted by atomic mass is 16.6. The van der Waals surface area contributed by atoms with Crippen molar-refractivity contribution in [3.8, 4) is 0 Å². The predicted octanol–water partition coefficient (Wildman–Crippen LogP) is -11.1. The van der Waals surface area contributed by atoms with Crippen LogP contribution in [0.5, 0.6) is 0 Å². The lowest BCUT2D eigenvalue weighted by atomic mass is 9.96. The molecule has 6 aliphatic rings. The molecule has 0 aliphatic carbocycles. The van der Waals surface area contributed by atoms with Crippen LogP contribution in [-0.2, 0) is 28.4 Å². The van der Waals surface area contributed by atoms with Crippen molar-refractivity contribution in [3.05, 3.63) is 193 Å². The van der Waals surface area contributed by atoms with E-state index in [0.717, 1.165) is 59.8 Å². The van der Waals surface area contributed by atoms with Crippen LogP contribution < -0.4 is 67.5 Å². The van der Waals surface area contributed by atoms with Crippen molar-refractivity contribution < 1.29 is 142 Å². The Hall–Kier alpha value is -8.88. The van der Waals surface area contributed by atoms with Crippen molar-refractivity contribution in [1.29, 1.82) is 0 Å². The number of hydrogen-bond acceptors (Lipinski definition) is 36. The van der Waals surface area contributed by atoms with Gasteiger partial charge < -0.3 is 120 Å². The van der Waals surface area contributed by atoms with Gasteiger partial charge in [0.2, 0.25) is 0 Å². The molecule has 0 aromatic carbocycles. The Balaban J connectivity index is 0.000000223. The number of rotatable bonds is 12. The molecule has 48 heteroatoms. The van der Waals surface area contributed by atoms with Gasteiger partial charge in [0.25, 0.3) is 33.4 Å². The maximum atomic E-state index is 12.1. The second-order valence-corrected chi connectivity index (χ2v) is 29.1. The summed E-state index contributed by atoms with van der Waals surface area (Å²) in [5.74, 6) is 0. The van der Waals surface area contributed by atoms with E-state index in [1.54, 1.807) is 0 Å². The van der Waals surface area contributed by atoms with Gasteiger partial charge in [0, 0.05) is 67.5 Å². The van der Waals surface area contributed by atoms with Gasteiger partial charge in [0.15, 0.2) is 37.4 Å². The normalized spacial score (nSPS) is 42.4. The Morgan fingerprint density at radius 2 is 0.467 bits per heavy atom. The summed E-state index contributed by atoms with van der Waals surface area (Å²) in [6.07, 6.45) is -43.5. The summed E-state index contributed by atoms with van der Waals surface area (Å²) < 4.78 is 157. The summed E-state index contributed by atoms with van der Waals surface area (Å²) in [7, 11) is 0. The summed E-state index contributed by atoms with van der Waals surface area (Å²) in [5, 5.41) is 180. The maximum absolute atomic E-state index is 12.1. The van der Waals surface area contributed by atoms with E-state index < -0.39 is 251 Å². The summed E-state index contributed by atoms with van der Waals surface area (Å²) in [6.45, 7) is 9.58. The lowest BCUT2D eigenvalue weighted by Gasteiger charge is -2.29. The maximum Gasteiger partial charge on any atom is 0.330 e. The second-order valence-electron chi connectivity index (χ2n) is 29.1. The number of nitrogens with one attached hydrogen (secondary N) is 6. The van der Waals surface area contributed by atoms with Gasteiger partial charge in [-0.15, -0.1) is 0 Å². The van der Waals surface area contributed by atoms with Gasteiger partial charge in [-0.3, -0.25) is 86.1 Å². The average molecular weight is 1730 g/mol. The number of aromatic amines is 6. The highest BCUT2D eigenvalue weighted by Crippen LogP contribution is 2.43. The quantitative estimate of drug-likeness (QED) is 0.0541. The van der Waals surface area contributed by atoms with Crippen LogP contribution in [0.4, 0.5) is 0 Å². The number of ether oxygens (including phenoxy) is 6. The smallest absolute Gasteiger partial charge is 0.330 e. The van der Waals surface area contributed by atoms with Crippen molar-refractivity contribution in [3.63, 3.8) is 0 Å². The molecular weight excluding hydrogens is 1610 g/mol. The van der Waals surface area contributed by atoms with E-state index in [-0.39, 0.29) is 67.5 Å². The first kappa shape index (κ1) is 76.0. The van der Waals surface area contributed by atoms with Crippen LogP contribution in [0.15, 0.2) is 57.5 Å². The Kier molecular flexibility index (Phi) is 23.2. The zero-order valence-electron chi connectivity index (χ0n) is 83.3. The molecule has 6 saturated heterocycles. The number of aromatic nitrogens is 12. The molecular formula is C72H108N12O36. The zero-order chi connectivity index (χ0) is 106. The number of aliphatic hydroxyl groups excluding tert-OH is 4. The molecule has 0 spiro atoms. The monoisotopic (exact) mass is 1730 g/mol. The SMILES string of the molecule is [2H]C(O)[C@@]1([2H])O[C@@H](n2c(C)c(C)c(=O)[nH]c2=O)[C@](C)(O)[C@]1([2H])O.[2H]C(O)[C@H]1O[C@@H](n2c(C)c(C)c(=O)[nH]c2=O)[C@](C)(O)[C@]1([2H])O.[2H]C([2H])(O)[C@@]1([2H])O[C@@H](n2c(C)c(C)c(=O)[nH]c2=O)[C@](C)(O)[C@]1([2H])O.[2H]C([2H])(O)[C@@]1([2H])O[C@@H](n2c(C)c(C)c(=O)[nH]c2=O)[C@](C)(O)[C@]1([2H])O.[2H][C@@]1(O)[C@@H](CO)O[C@@H](n2c(C)c(C)c(=O)[nH]c2=O)[C@]1(C)O.[2H][C@@]1(O)[C@@]([2H])(CO)O[C@@H](n2c(C)c(C)c(=O)[nH]c2=O)[C@]1(C)O. The molecule has 672 valence electrons. The summed E-state index contributed by atoms with van der Waals surface area (Å²) in [6, 6.07) is 0. The topological polar surface area (TPSA) is 749 Å². The first-order chi connectivity index (χ1) is 60.9. The molecule has 12 rings (SSSR count). The molecule has 12 heterocycles. The van der Waals surface area contributed by atoms with Crippen LogP contribution in [-0.4, -0.2) is 295 Å². The van der Waals surface area contributed by atoms with E-state index >= 15 is 0 Å². The fraction of sp³-hybridized carbons (Fsp3) is 0.667. The van der Waals surface area contributed by atoms with E-state index in [2.05, 4.69) is 4.98 Å². The van der Waals surface area contributed by atoms with Gasteiger partial charge in [-0.2, -0.15) is 0 Å². The summed E-state index contributed by atoms with van der Waals surface area (Å²) in [4.78, 5) is 154. The van der Waals surface area contributed by atoms with E-state index in [0.29, 0.717) is 9.13 Å². The van der Waals surface area contributed by atoms with Crippen molar-refractivity contribution >= 4 is 0 Å². The number of hydrogen-bond donors (Lipinski definition) is 24. The van der Waals surface area contributed by atoms with Crippen molar-refractivity contribution in [2.45, 2.75) is 269 Å². The Bertz CT molecular complexity index is 6280. The molecule has 26 atom stereocenters. The van der Waals surface area contributed by atoms with Crippen LogP contribution in [0.1, 0.15) is 168 Å². The highest BCUT2D eigenvalue weighted by Gasteiger charge is 2.59. The molecule has 24 N–H and O–H groups in total. The van der Waals surface area contributed by atoms with Crippen molar-refractivity contribution in [2.75, 3.05) is 39.5 Å². The lowest BCUT2D eigenvalue weighted by molar-refractivity contribution is -0.0996. The minimum Gasteiger partial charge on any atom is -0.394 e. The number of nitrogens with zero attached hydrogens (tertiary/aromatic N) is 6.